The van der Waals surface area contributed by atoms with Crippen molar-refractivity contribution in [2.24, 2.45) is 0 Å². The van der Waals surface area contributed by atoms with E-state index in [9.17, 15) is 17.2 Å². The maximum Gasteiger partial charge on any atom is 0.269 e. The predicted molar refractivity (Wildman–Crippen MR) is 122 cm³/mol. The first-order valence-corrected chi connectivity index (χ1v) is 12.1. The van der Waals surface area contributed by atoms with Crippen molar-refractivity contribution in [3.8, 4) is 11.5 Å². The highest BCUT2D eigenvalue weighted by atomic mass is 32.2. The Kier molecular flexibility index (Phi) is 6.99. The summed E-state index contributed by atoms with van der Waals surface area (Å²) in [6, 6.07) is 15.5. The van der Waals surface area contributed by atoms with Gasteiger partial charge in [-0.15, -0.1) is 0 Å². The number of allylic oxidation sites excluding steroid dienone is 1. The van der Waals surface area contributed by atoms with Crippen LogP contribution in [0.5, 0.6) is 11.5 Å². The summed E-state index contributed by atoms with van der Waals surface area (Å²) in [6.07, 6.45) is 0.209. The molecular weight excluding hydrogens is 464 g/mol. The van der Waals surface area contributed by atoms with Crippen LogP contribution in [0.25, 0.3) is 0 Å². The van der Waals surface area contributed by atoms with Gasteiger partial charge in [0.15, 0.2) is 5.03 Å². The fraction of sp³-hybridized carbons (Fsp3) is 0.292. The highest BCUT2D eigenvalue weighted by Crippen LogP contribution is 2.39. The summed E-state index contributed by atoms with van der Waals surface area (Å²) in [7, 11) is -0.849. The van der Waals surface area contributed by atoms with E-state index in [1.54, 1.807) is 38.5 Å². The first-order chi connectivity index (χ1) is 16.3. The number of ether oxygens (including phenoxy) is 2. The van der Waals surface area contributed by atoms with E-state index in [4.69, 9.17) is 9.47 Å². The fourth-order valence-corrected chi connectivity index (χ4v) is 5.07. The number of benzene rings is 2. The molecule has 180 valence electrons. The Morgan fingerprint density at radius 2 is 1.44 bits per heavy atom. The van der Waals surface area contributed by atoms with E-state index in [1.807, 2.05) is 24.3 Å². The van der Waals surface area contributed by atoms with Crippen LogP contribution in [0.1, 0.15) is 30.0 Å². The lowest BCUT2D eigenvalue weighted by atomic mass is 9.87. The molecule has 0 spiro atoms. The number of hydrogen-bond donors (Lipinski definition) is 0. The SMILES string of the molecule is COc1ccc(CN(Cc2ccc(OC)cc2)S(=O)(=O)c2ccn(C3CC(=C(F)F)C3)n2)cc1. The second-order valence-corrected chi connectivity index (χ2v) is 9.91. The van der Waals surface area contributed by atoms with Gasteiger partial charge >= 0.3 is 0 Å². The van der Waals surface area contributed by atoms with Gasteiger partial charge in [-0.05, 0) is 59.9 Å². The van der Waals surface area contributed by atoms with Gasteiger partial charge in [0.25, 0.3) is 16.1 Å². The van der Waals surface area contributed by atoms with Crippen LogP contribution in [0, 0.1) is 0 Å². The van der Waals surface area contributed by atoms with Crippen LogP contribution in [0.2, 0.25) is 0 Å². The van der Waals surface area contributed by atoms with E-state index in [0.717, 1.165) is 11.1 Å². The molecule has 0 N–H and O–H groups in total. The van der Waals surface area contributed by atoms with Gasteiger partial charge in [0.1, 0.15) is 11.5 Å². The summed E-state index contributed by atoms with van der Waals surface area (Å²) >= 11 is 0. The van der Waals surface area contributed by atoms with Crippen molar-refractivity contribution in [2.45, 2.75) is 37.0 Å². The predicted octanol–water partition coefficient (Wildman–Crippen LogP) is 4.78. The van der Waals surface area contributed by atoms with Crippen LogP contribution >= 0.6 is 0 Å². The summed E-state index contributed by atoms with van der Waals surface area (Å²) in [5.41, 5.74) is 1.65. The maximum atomic E-state index is 13.6. The third-order valence-corrected chi connectivity index (χ3v) is 7.51. The molecule has 34 heavy (non-hydrogen) atoms. The van der Waals surface area contributed by atoms with Crippen molar-refractivity contribution in [3.05, 3.63) is 83.6 Å². The average molecular weight is 490 g/mol. The quantitative estimate of drug-likeness (QED) is 0.433. The molecule has 10 heteroatoms. The summed E-state index contributed by atoms with van der Waals surface area (Å²) in [4.78, 5) is 0. The van der Waals surface area contributed by atoms with Gasteiger partial charge in [-0.25, -0.2) is 8.42 Å². The number of nitrogens with zero attached hydrogens (tertiary/aromatic N) is 3. The first-order valence-electron chi connectivity index (χ1n) is 10.6. The van der Waals surface area contributed by atoms with Gasteiger partial charge in [0.2, 0.25) is 0 Å². The highest BCUT2D eigenvalue weighted by molar-refractivity contribution is 7.89. The van der Waals surface area contributed by atoms with E-state index in [-0.39, 0.29) is 42.6 Å². The minimum Gasteiger partial charge on any atom is -0.497 e. The summed E-state index contributed by atoms with van der Waals surface area (Å²) in [5, 5.41) is 4.12. The van der Waals surface area contributed by atoms with E-state index in [1.165, 1.54) is 21.3 Å². The molecular formula is C24H25F2N3O4S. The fourth-order valence-electron chi connectivity index (χ4n) is 3.74. The molecule has 0 amide bonds. The molecule has 0 atom stereocenters. The van der Waals surface area contributed by atoms with Gasteiger partial charge in [0, 0.05) is 19.3 Å². The Morgan fingerprint density at radius 1 is 0.941 bits per heavy atom. The van der Waals surface area contributed by atoms with Crippen molar-refractivity contribution in [1.82, 2.24) is 14.1 Å². The van der Waals surface area contributed by atoms with Gasteiger partial charge in [-0.2, -0.15) is 18.2 Å². The van der Waals surface area contributed by atoms with Crippen LogP contribution in [0.15, 0.2) is 77.5 Å². The largest absolute Gasteiger partial charge is 0.497 e. The Hall–Kier alpha value is -3.24. The zero-order chi connectivity index (χ0) is 24.3. The third kappa shape index (κ3) is 5.13. The molecule has 3 aromatic rings. The van der Waals surface area contributed by atoms with Crippen LogP contribution in [0.3, 0.4) is 0 Å². The lowest BCUT2D eigenvalue weighted by Crippen LogP contribution is -2.31. The van der Waals surface area contributed by atoms with Gasteiger partial charge in [-0.3, -0.25) is 4.68 Å². The van der Waals surface area contributed by atoms with E-state index < -0.39 is 16.1 Å². The van der Waals surface area contributed by atoms with Crippen molar-refractivity contribution in [2.75, 3.05) is 14.2 Å². The summed E-state index contributed by atoms with van der Waals surface area (Å²) in [5.74, 6) is 1.34. The van der Waals surface area contributed by atoms with Crippen molar-refractivity contribution >= 4 is 10.0 Å². The third-order valence-electron chi connectivity index (χ3n) is 5.83. The molecule has 0 unspecified atom stereocenters. The van der Waals surface area contributed by atoms with Crippen molar-refractivity contribution < 1.29 is 26.7 Å². The van der Waals surface area contributed by atoms with Crippen LogP contribution < -0.4 is 9.47 Å². The molecule has 4 rings (SSSR count). The molecule has 1 fully saturated rings. The van der Waals surface area contributed by atoms with Gasteiger partial charge < -0.3 is 9.47 Å². The number of halogens is 2. The lowest BCUT2D eigenvalue weighted by Gasteiger charge is -2.28. The molecule has 1 saturated carbocycles. The molecule has 1 aliphatic carbocycles. The number of methoxy groups -OCH3 is 2. The van der Waals surface area contributed by atoms with Crippen LogP contribution in [-0.4, -0.2) is 36.7 Å². The molecule has 1 aromatic heterocycles. The first kappa shape index (κ1) is 23.9. The Morgan fingerprint density at radius 3 is 1.88 bits per heavy atom. The second kappa shape index (κ2) is 9.94. The highest BCUT2D eigenvalue weighted by Gasteiger charge is 2.32. The second-order valence-electron chi connectivity index (χ2n) is 8.03. The minimum atomic E-state index is -3.98. The smallest absolute Gasteiger partial charge is 0.269 e. The maximum absolute atomic E-state index is 13.6. The van der Waals surface area contributed by atoms with Gasteiger partial charge in [0.05, 0.1) is 20.3 Å². The monoisotopic (exact) mass is 489 g/mol. The molecule has 7 nitrogen and oxygen atoms in total. The molecule has 1 heterocycles. The molecule has 2 aromatic carbocycles. The van der Waals surface area contributed by atoms with Crippen molar-refractivity contribution in [3.63, 3.8) is 0 Å². The minimum absolute atomic E-state index is 0.0885. The number of aromatic nitrogens is 2. The van der Waals surface area contributed by atoms with E-state index >= 15 is 0 Å². The zero-order valence-corrected chi connectivity index (χ0v) is 19.6. The van der Waals surface area contributed by atoms with Gasteiger partial charge in [-0.1, -0.05) is 24.3 Å². The van der Waals surface area contributed by atoms with E-state index in [2.05, 4.69) is 5.10 Å². The molecule has 0 saturated heterocycles. The summed E-state index contributed by atoms with van der Waals surface area (Å²) < 4.78 is 65.7. The zero-order valence-electron chi connectivity index (χ0n) is 18.8. The number of rotatable bonds is 9. The number of hydrogen-bond acceptors (Lipinski definition) is 5. The Bertz CT molecular complexity index is 1210. The lowest BCUT2D eigenvalue weighted by molar-refractivity contribution is 0.317. The van der Waals surface area contributed by atoms with E-state index in [0.29, 0.717) is 11.5 Å². The number of sulfonamides is 1. The normalized spacial score (nSPS) is 15.8. The topological polar surface area (TPSA) is 73.7 Å². The average Bonchev–Trinajstić information content (AvgIpc) is 3.29. The van der Waals surface area contributed by atoms with Crippen LogP contribution in [-0.2, 0) is 23.1 Å². The Balaban J connectivity index is 1.60. The van der Waals surface area contributed by atoms with Crippen molar-refractivity contribution in [1.29, 1.82) is 0 Å². The molecule has 1 aliphatic rings. The Labute approximate surface area is 197 Å². The van der Waals surface area contributed by atoms with Crippen LogP contribution in [0.4, 0.5) is 8.78 Å². The molecule has 0 aliphatic heterocycles. The standard InChI is InChI=1S/C24H25F2N3O4S/c1-32-21-7-3-17(4-8-21)15-28(16-18-5-9-22(33-2)10-6-18)34(30,31)23-11-12-29(27-23)20-13-19(14-20)24(25)26/h3-12,20H,13-16H2,1-2H3. The summed E-state index contributed by atoms with van der Waals surface area (Å²) in [6.45, 7) is 0.239. The molecule has 0 bridgehead atoms. The molecule has 0 radical (unpaired) electrons.